The van der Waals surface area contributed by atoms with Gasteiger partial charge in [-0.1, -0.05) is 54.0 Å². The van der Waals surface area contributed by atoms with Crippen molar-refractivity contribution in [1.29, 1.82) is 0 Å². The molecule has 0 amide bonds. The number of hydrogen-bond donors (Lipinski definition) is 0. The van der Waals surface area contributed by atoms with Crippen LogP contribution in [0.5, 0.6) is 0 Å². The van der Waals surface area contributed by atoms with Crippen LogP contribution in [0.15, 0.2) is 53.7 Å². The van der Waals surface area contributed by atoms with Gasteiger partial charge in [0.15, 0.2) is 0 Å². The zero-order valence-electron chi connectivity index (χ0n) is 16.5. The van der Waals surface area contributed by atoms with Crippen LogP contribution in [0.3, 0.4) is 0 Å². The van der Waals surface area contributed by atoms with Crippen molar-refractivity contribution in [1.82, 2.24) is 4.90 Å². The fourth-order valence-corrected chi connectivity index (χ4v) is 3.48. The van der Waals surface area contributed by atoms with Crippen LogP contribution in [0.25, 0.3) is 0 Å². The summed E-state index contributed by atoms with van der Waals surface area (Å²) in [6.07, 6.45) is 7.28. The fourth-order valence-electron chi connectivity index (χ4n) is 3.48. The van der Waals surface area contributed by atoms with E-state index in [9.17, 15) is 0 Å². The Hall–Kier alpha value is -1.84. The van der Waals surface area contributed by atoms with Gasteiger partial charge in [0.25, 0.3) is 0 Å². The van der Waals surface area contributed by atoms with E-state index in [0.29, 0.717) is 6.61 Å². The average molecular weight is 387 g/mol. The Kier molecular flexibility index (Phi) is 8.83. The van der Waals surface area contributed by atoms with Gasteiger partial charge in [0, 0.05) is 17.7 Å². The maximum atomic E-state index is 5.69. The van der Waals surface area contributed by atoms with Crippen LogP contribution >= 0.6 is 12.4 Å². The largest absolute Gasteiger partial charge is 0.395 e. The second kappa shape index (κ2) is 11.1. The molecule has 0 aliphatic heterocycles. The Balaban J connectivity index is 0.00000261. The molecule has 0 atom stereocenters. The minimum Gasteiger partial charge on any atom is -0.395 e. The molecule has 2 aromatic rings. The number of halogens is 1. The highest BCUT2D eigenvalue weighted by Crippen LogP contribution is 2.23. The molecule has 0 bridgehead atoms. The van der Waals surface area contributed by atoms with Gasteiger partial charge in [0.05, 0.1) is 0 Å². The molecule has 0 spiro atoms. The SMILES string of the molecule is CN(C)CCCO/N=C(\c1ccccc1)c1ccc2c(c1)CCCCC2.Cl. The third kappa shape index (κ3) is 6.37. The number of oxime groups is 1. The van der Waals surface area contributed by atoms with Gasteiger partial charge in [0.1, 0.15) is 12.3 Å². The van der Waals surface area contributed by atoms with Crippen molar-refractivity contribution in [2.75, 3.05) is 27.2 Å². The van der Waals surface area contributed by atoms with Crippen LogP contribution in [-0.2, 0) is 17.7 Å². The lowest BCUT2D eigenvalue weighted by Crippen LogP contribution is -2.14. The topological polar surface area (TPSA) is 24.8 Å². The second-order valence-corrected chi connectivity index (χ2v) is 7.34. The van der Waals surface area contributed by atoms with Gasteiger partial charge in [-0.25, -0.2) is 0 Å². The molecule has 2 aromatic carbocycles. The van der Waals surface area contributed by atoms with Crippen LogP contribution in [0.2, 0.25) is 0 Å². The monoisotopic (exact) mass is 386 g/mol. The normalized spacial score (nSPS) is 14.3. The van der Waals surface area contributed by atoms with Gasteiger partial charge in [-0.05, 0) is 63.4 Å². The molecule has 0 unspecified atom stereocenters. The van der Waals surface area contributed by atoms with E-state index < -0.39 is 0 Å². The van der Waals surface area contributed by atoms with Gasteiger partial charge in [-0.3, -0.25) is 0 Å². The van der Waals surface area contributed by atoms with E-state index in [-0.39, 0.29) is 12.4 Å². The van der Waals surface area contributed by atoms with E-state index in [1.54, 1.807) is 0 Å². The average Bonchev–Trinajstić information content (AvgIpc) is 2.90. The van der Waals surface area contributed by atoms with Crippen LogP contribution in [0.1, 0.15) is 47.9 Å². The summed E-state index contributed by atoms with van der Waals surface area (Å²) in [6.45, 7) is 1.65. The summed E-state index contributed by atoms with van der Waals surface area (Å²) in [5.41, 5.74) is 6.18. The molecule has 27 heavy (non-hydrogen) atoms. The highest BCUT2D eigenvalue weighted by molar-refractivity contribution is 6.12. The van der Waals surface area contributed by atoms with Gasteiger partial charge in [-0.15, -0.1) is 12.4 Å². The predicted molar refractivity (Wildman–Crippen MR) is 116 cm³/mol. The predicted octanol–water partition coefficient (Wildman–Crippen LogP) is 5.10. The van der Waals surface area contributed by atoms with Gasteiger partial charge in [0.2, 0.25) is 0 Å². The second-order valence-electron chi connectivity index (χ2n) is 7.34. The van der Waals surface area contributed by atoms with E-state index in [1.165, 1.54) is 43.2 Å². The summed E-state index contributed by atoms with van der Waals surface area (Å²) < 4.78 is 0. The van der Waals surface area contributed by atoms with Gasteiger partial charge < -0.3 is 9.74 Å². The lowest BCUT2D eigenvalue weighted by molar-refractivity contribution is 0.135. The summed E-state index contributed by atoms with van der Waals surface area (Å²) in [6, 6.07) is 17.2. The Labute approximate surface area is 169 Å². The summed E-state index contributed by atoms with van der Waals surface area (Å²) in [5, 5.41) is 4.53. The van der Waals surface area contributed by atoms with Crippen molar-refractivity contribution in [2.24, 2.45) is 5.16 Å². The Morgan fingerprint density at radius 1 is 0.926 bits per heavy atom. The van der Waals surface area contributed by atoms with Crippen molar-refractivity contribution in [3.8, 4) is 0 Å². The lowest BCUT2D eigenvalue weighted by atomic mass is 9.95. The molecule has 1 aliphatic carbocycles. The van der Waals surface area contributed by atoms with Crippen molar-refractivity contribution in [2.45, 2.75) is 38.5 Å². The van der Waals surface area contributed by atoms with Crippen molar-refractivity contribution in [3.63, 3.8) is 0 Å². The molecule has 0 N–H and O–H groups in total. The number of aryl methyl sites for hydroxylation is 2. The molecule has 0 heterocycles. The van der Waals surface area contributed by atoms with Crippen LogP contribution in [0, 0.1) is 0 Å². The van der Waals surface area contributed by atoms with E-state index in [1.807, 2.05) is 6.07 Å². The molecule has 3 nitrogen and oxygen atoms in total. The first kappa shape index (κ1) is 21.5. The smallest absolute Gasteiger partial charge is 0.118 e. The summed E-state index contributed by atoms with van der Waals surface area (Å²) in [4.78, 5) is 7.85. The number of hydrogen-bond acceptors (Lipinski definition) is 3. The van der Waals surface area contributed by atoms with Crippen molar-refractivity contribution >= 4 is 18.1 Å². The minimum absolute atomic E-state index is 0. The molecule has 146 valence electrons. The highest BCUT2D eigenvalue weighted by atomic mass is 35.5. The molecule has 4 heteroatoms. The third-order valence-corrected chi connectivity index (χ3v) is 4.92. The highest BCUT2D eigenvalue weighted by Gasteiger charge is 2.13. The van der Waals surface area contributed by atoms with Crippen LogP contribution in [0.4, 0.5) is 0 Å². The fraction of sp³-hybridized carbons (Fsp3) is 0.435. The van der Waals surface area contributed by atoms with E-state index in [0.717, 1.165) is 29.8 Å². The molecule has 0 saturated carbocycles. The quantitative estimate of drug-likeness (QED) is 0.286. The molecule has 0 radical (unpaired) electrons. The first-order chi connectivity index (χ1) is 12.7. The zero-order chi connectivity index (χ0) is 18.2. The molecule has 0 saturated heterocycles. The summed E-state index contributed by atoms with van der Waals surface area (Å²) in [7, 11) is 4.16. The lowest BCUT2D eigenvalue weighted by Gasteiger charge is -2.12. The first-order valence-corrected chi connectivity index (χ1v) is 9.76. The van der Waals surface area contributed by atoms with Crippen LogP contribution < -0.4 is 0 Å². The Morgan fingerprint density at radius 3 is 2.41 bits per heavy atom. The third-order valence-electron chi connectivity index (χ3n) is 4.92. The van der Waals surface area contributed by atoms with E-state index in [4.69, 9.17) is 4.84 Å². The zero-order valence-corrected chi connectivity index (χ0v) is 17.3. The van der Waals surface area contributed by atoms with Crippen LogP contribution in [-0.4, -0.2) is 37.9 Å². The van der Waals surface area contributed by atoms with E-state index >= 15 is 0 Å². The van der Waals surface area contributed by atoms with Crippen molar-refractivity contribution < 1.29 is 4.84 Å². The Morgan fingerprint density at radius 2 is 1.67 bits per heavy atom. The van der Waals surface area contributed by atoms with E-state index in [2.05, 4.69) is 66.6 Å². The molecular formula is C23H31ClN2O. The van der Waals surface area contributed by atoms with Gasteiger partial charge >= 0.3 is 0 Å². The molecule has 1 aliphatic rings. The first-order valence-electron chi connectivity index (χ1n) is 9.76. The number of fused-ring (bicyclic) bond motifs is 1. The maximum Gasteiger partial charge on any atom is 0.118 e. The van der Waals surface area contributed by atoms with Crippen molar-refractivity contribution in [3.05, 3.63) is 70.8 Å². The number of rotatable bonds is 7. The molecular weight excluding hydrogens is 356 g/mol. The number of benzene rings is 2. The maximum absolute atomic E-state index is 5.69. The Bertz CT molecular complexity index is 728. The summed E-state index contributed by atoms with van der Waals surface area (Å²) >= 11 is 0. The standard InChI is InChI=1S/C23H30N2O.ClH/c1-25(2)16-9-17-26-24-23(20-11-6-4-7-12-20)22-15-14-19-10-5-3-8-13-21(19)18-22;/h4,6-7,11-12,14-15,18H,3,5,8-10,13,16-17H2,1-2H3;1H/b24-23+;. The summed E-state index contributed by atoms with van der Waals surface area (Å²) in [5.74, 6) is 0. The molecule has 3 rings (SSSR count). The minimum atomic E-state index is 0. The van der Waals surface area contributed by atoms with Gasteiger partial charge in [-0.2, -0.15) is 0 Å². The number of nitrogens with zero attached hydrogens (tertiary/aromatic N) is 2. The molecule has 0 fully saturated rings. The molecule has 0 aromatic heterocycles.